The summed E-state index contributed by atoms with van der Waals surface area (Å²) in [6.07, 6.45) is 0.174. The smallest absolute Gasteiger partial charge is 0.273 e. The molecule has 1 atom stereocenters. The number of hydrogen-bond acceptors (Lipinski definition) is 5. The molecule has 1 aliphatic rings. The first kappa shape index (κ1) is 19.3. The minimum absolute atomic E-state index is 0.0924. The fraction of sp³-hybridized carbons (Fsp3) is 0.300. The van der Waals surface area contributed by atoms with Gasteiger partial charge in [0.15, 0.2) is 0 Å². The van der Waals surface area contributed by atoms with Crippen LogP contribution in [0.1, 0.15) is 29.3 Å². The van der Waals surface area contributed by atoms with E-state index in [1.54, 1.807) is 42.2 Å². The minimum Gasteiger partial charge on any atom is -0.494 e. The maximum atomic E-state index is 12.6. The van der Waals surface area contributed by atoms with Crippen molar-refractivity contribution in [2.75, 3.05) is 18.1 Å². The number of hydrogen-bond donors (Lipinski definition) is 1. The number of nitro benzene ring substituents is 1. The molecule has 2 aromatic rings. The predicted octanol–water partition coefficient (Wildman–Crippen LogP) is 2.84. The number of nitrogens with one attached hydrogen (secondary N) is 1. The Balaban J connectivity index is 1.70. The van der Waals surface area contributed by atoms with Gasteiger partial charge in [0.25, 0.3) is 11.6 Å². The molecule has 8 nitrogen and oxygen atoms in total. The van der Waals surface area contributed by atoms with Gasteiger partial charge in [0.1, 0.15) is 5.75 Å². The predicted molar refractivity (Wildman–Crippen MR) is 104 cm³/mol. The number of carbonyl (C=O) groups is 2. The second-order valence-electron chi connectivity index (χ2n) is 6.51. The normalized spacial score (nSPS) is 16.1. The van der Waals surface area contributed by atoms with Crippen molar-refractivity contribution in [3.8, 4) is 5.75 Å². The highest BCUT2D eigenvalue weighted by Crippen LogP contribution is 2.25. The molecule has 2 amide bonds. The van der Waals surface area contributed by atoms with Crippen LogP contribution in [0, 0.1) is 17.0 Å². The SMILES string of the molecule is CCOc1ccc(N2C[C@@H](NC(=O)c3cccc([N+](=O)[O-])c3C)CC2=O)cc1. The van der Waals surface area contributed by atoms with E-state index in [4.69, 9.17) is 4.74 Å². The van der Waals surface area contributed by atoms with Crippen molar-refractivity contribution in [3.05, 3.63) is 63.7 Å². The zero-order chi connectivity index (χ0) is 20.3. The van der Waals surface area contributed by atoms with Gasteiger partial charge in [-0.1, -0.05) is 6.07 Å². The van der Waals surface area contributed by atoms with Gasteiger partial charge in [0, 0.05) is 35.8 Å². The van der Waals surface area contributed by atoms with Crippen LogP contribution in [0.15, 0.2) is 42.5 Å². The molecule has 0 aliphatic carbocycles. The summed E-state index contributed by atoms with van der Waals surface area (Å²) in [6.45, 7) is 4.34. The molecular weight excluding hydrogens is 362 g/mol. The van der Waals surface area contributed by atoms with Gasteiger partial charge in [-0.15, -0.1) is 0 Å². The molecule has 0 aromatic heterocycles. The molecule has 1 saturated heterocycles. The Labute approximate surface area is 162 Å². The second-order valence-corrected chi connectivity index (χ2v) is 6.51. The summed E-state index contributed by atoms with van der Waals surface area (Å²) < 4.78 is 5.40. The van der Waals surface area contributed by atoms with Crippen LogP contribution >= 0.6 is 0 Å². The Bertz CT molecular complexity index is 911. The van der Waals surface area contributed by atoms with Crippen molar-refractivity contribution in [2.45, 2.75) is 26.3 Å². The van der Waals surface area contributed by atoms with Gasteiger partial charge < -0.3 is 15.0 Å². The molecule has 1 N–H and O–H groups in total. The summed E-state index contributed by atoms with van der Waals surface area (Å²) >= 11 is 0. The van der Waals surface area contributed by atoms with Crippen LogP contribution in [0.5, 0.6) is 5.75 Å². The lowest BCUT2D eigenvalue weighted by Crippen LogP contribution is -2.37. The molecule has 1 aliphatic heterocycles. The first-order chi connectivity index (χ1) is 13.4. The third-order valence-electron chi connectivity index (χ3n) is 4.67. The molecule has 0 radical (unpaired) electrons. The van der Waals surface area contributed by atoms with Crippen molar-refractivity contribution in [3.63, 3.8) is 0 Å². The lowest BCUT2D eigenvalue weighted by molar-refractivity contribution is -0.385. The average molecular weight is 383 g/mol. The molecule has 0 spiro atoms. The topological polar surface area (TPSA) is 102 Å². The Hall–Kier alpha value is -3.42. The molecule has 8 heteroatoms. The highest BCUT2D eigenvalue weighted by molar-refractivity contribution is 6.00. The summed E-state index contributed by atoms with van der Waals surface area (Å²) in [5.74, 6) is 0.210. The van der Waals surface area contributed by atoms with Gasteiger partial charge in [0.2, 0.25) is 5.91 Å². The zero-order valence-electron chi connectivity index (χ0n) is 15.7. The number of benzene rings is 2. The largest absolute Gasteiger partial charge is 0.494 e. The highest BCUT2D eigenvalue weighted by Gasteiger charge is 2.32. The number of rotatable bonds is 6. The fourth-order valence-electron chi connectivity index (χ4n) is 3.27. The van der Waals surface area contributed by atoms with E-state index < -0.39 is 10.8 Å². The lowest BCUT2D eigenvalue weighted by Gasteiger charge is -2.18. The van der Waals surface area contributed by atoms with E-state index in [2.05, 4.69) is 5.32 Å². The first-order valence-electron chi connectivity index (χ1n) is 8.98. The molecule has 28 heavy (non-hydrogen) atoms. The molecule has 1 heterocycles. The van der Waals surface area contributed by atoms with E-state index in [0.717, 1.165) is 11.4 Å². The number of nitro groups is 1. The van der Waals surface area contributed by atoms with Crippen LogP contribution in [-0.4, -0.2) is 35.9 Å². The third kappa shape index (κ3) is 3.95. The van der Waals surface area contributed by atoms with Crippen LogP contribution in [-0.2, 0) is 4.79 Å². The van der Waals surface area contributed by atoms with Gasteiger partial charge in [-0.3, -0.25) is 19.7 Å². The quantitative estimate of drug-likeness (QED) is 0.610. The molecular formula is C20H21N3O5. The van der Waals surface area contributed by atoms with Crippen LogP contribution in [0.2, 0.25) is 0 Å². The summed E-state index contributed by atoms with van der Waals surface area (Å²) in [4.78, 5) is 37.1. The summed E-state index contributed by atoms with van der Waals surface area (Å²) in [6, 6.07) is 11.2. The van der Waals surface area contributed by atoms with Crippen molar-refractivity contribution in [1.82, 2.24) is 5.32 Å². The second kappa shape index (κ2) is 8.08. The van der Waals surface area contributed by atoms with E-state index in [1.165, 1.54) is 12.1 Å². The molecule has 3 rings (SSSR count). The van der Waals surface area contributed by atoms with E-state index in [-0.39, 0.29) is 29.6 Å². The maximum Gasteiger partial charge on any atom is 0.273 e. The van der Waals surface area contributed by atoms with Crippen molar-refractivity contribution in [1.29, 1.82) is 0 Å². The van der Waals surface area contributed by atoms with E-state index in [1.807, 2.05) is 6.92 Å². The Morgan fingerprint density at radius 1 is 1.29 bits per heavy atom. The van der Waals surface area contributed by atoms with Gasteiger partial charge >= 0.3 is 0 Å². The number of amides is 2. The molecule has 0 saturated carbocycles. The molecule has 146 valence electrons. The van der Waals surface area contributed by atoms with E-state index >= 15 is 0 Å². The maximum absolute atomic E-state index is 12.6. The zero-order valence-corrected chi connectivity index (χ0v) is 15.7. The standard InChI is InChI=1S/C20H21N3O5/c1-3-28-16-9-7-15(8-10-16)22-12-14(11-19(22)24)21-20(25)17-5-4-6-18(13(17)2)23(26)27/h4-10,14H,3,11-12H2,1-2H3,(H,21,25)/t14-/m0/s1. The van der Waals surface area contributed by atoms with Crippen molar-refractivity contribution in [2.24, 2.45) is 0 Å². The van der Waals surface area contributed by atoms with Gasteiger partial charge in [0.05, 0.1) is 17.6 Å². The highest BCUT2D eigenvalue weighted by atomic mass is 16.6. The number of nitrogens with zero attached hydrogens (tertiary/aromatic N) is 2. The minimum atomic E-state index is -0.515. The lowest BCUT2D eigenvalue weighted by atomic mass is 10.1. The van der Waals surface area contributed by atoms with Crippen LogP contribution in [0.4, 0.5) is 11.4 Å². The fourth-order valence-corrected chi connectivity index (χ4v) is 3.27. The molecule has 0 unspecified atom stereocenters. The summed E-state index contributed by atoms with van der Waals surface area (Å²) in [7, 11) is 0. The summed E-state index contributed by atoms with van der Waals surface area (Å²) in [5, 5.41) is 13.9. The summed E-state index contributed by atoms with van der Waals surface area (Å²) in [5.41, 5.74) is 1.17. The van der Waals surface area contributed by atoms with Gasteiger partial charge in [-0.2, -0.15) is 0 Å². The Morgan fingerprint density at radius 3 is 2.64 bits per heavy atom. The monoisotopic (exact) mass is 383 g/mol. The molecule has 1 fully saturated rings. The molecule has 0 bridgehead atoms. The third-order valence-corrected chi connectivity index (χ3v) is 4.67. The number of carbonyl (C=O) groups excluding carboxylic acids is 2. The number of ether oxygens (including phenoxy) is 1. The van der Waals surface area contributed by atoms with Gasteiger partial charge in [-0.05, 0) is 44.2 Å². The first-order valence-corrected chi connectivity index (χ1v) is 8.98. The number of anilines is 1. The Morgan fingerprint density at radius 2 is 2.00 bits per heavy atom. The van der Waals surface area contributed by atoms with Crippen LogP contribution in [0.3, 0.4) is 0 Å². The van der Waals surface area contributed by atoms with Crippen LogP contribution < -0.4 is 15.0 Å². The molecule has 2 aromatic carbocycles. The Kier molecular flexibility index (Phi) is 5.58. The average Bonchev–Trinajstić information content (AvgIpc) is 3.02. The van der Waals surface area contributed by atoms with Gasteiger partial charge in [-0.25, -0.2) is 0 Å². The van der Waals surface area contributed by atoms with Crippen molar-refractivity contribution >= 4 is 23.2 Å². The van der Waals surface area contributed by atoms with Crippen molar-refractivity contribution < 1.29 is 19.2 Å². The van der Waals surface area contributed by atoms with Crippen LogP contribution in [0.25, 0.3) is 0 Å². The van der Waals surface area contributed by atoms with E-state index in [0.29, 0.717) is 18.7 Å². The van der Waals surface area contributed by atoms with E-state index in [9.17, 15) is 19.7 Å².